The maximum Gasteiger partial charge on any atom is 0.358 e. The molecule has 0 fully saturated rings. The van der Waals surface area contributed by atoms with Gasteiger partial charge in [0.2, 0.25) is 0 Å². The average molecular weight is 216 g/mol. The molecule has 0 aliphatic rings. The van der Waals surface area contributed by atoms with Crippen molar-refractivity contribution in [1.29, 1.82) is 0 Å². The van der Waals surface area contributed by atoms with E-state index in [-0.39, 0.29) is 5.69 Å². The highest BCUT2D eigenvalue weighted by molar-refractivity contribution is 5.89. The number of carbonyl (C=O) groups is 1. The predicted octanol–water partition coefficient (Wildman–Crippen LogP) is 2.11. The van der Waals surface area contributed by atoms with Crippen LogP contribution in [0.4, 0.5) is 0 Å². The molecule has 0 bridgehead atoms. The molecular formula is C12H12N2O2. The van der Waals surface area contributed by atoms with Crippen molar-refractivity contribution in [2.75, 3.05) is 6.61 Å². The summed E-state index contributed by atoms with van der Waals surface area (Å²) in [6.07, 6.45) is 1.44. The molecule has 0 aliphatic heterocycles. The molecule has 0 saturated heterocycles. The molecule has 4 nitrogen and oxygen atoms in total. The molecule has 1 heterocycles. The number of aromatic nitrogens is 2. The lowest BCUT2D eigenvalue weighted by molar-refractivity contribution is 0.0519. The van der Waals surface area contributed by atoms with Gasteiger partial charge in [0.25, 0.3) is 0 Å². The van der Waals surface area contributed by atoms with E-state index in [0.717, 1.165) is 11.1 Å². The Morgan fingerprint density at radius 3 is 2.94 bits per heavy atom. The quantitative estimate of drug-likeness (QED) is 0.721. The van der Waals surface area contributed by atoms with Crippen LogP contribution in [0.2, 0.25) is 0 Å². The van der Waals surface area contributed by atoms with E-state index in [1.165, 1.54) is 6.20 Å². The second-order valence-corrected chi connectivity index (χ2v) is 3.47. The Kier molecular flexibility index (Phi) is 2.81. The van der Waals surface area contributed by atoms with Gasteiger partial charge >= 0.3 is 5.97 Å². The monoisotopic (exact) mass is 216 g/mol. The van der Waals surface area contributed by atoms with Crippen molar-refractivity contribution in [3.63, 3.8) is 0 Å². The molecule has 16 heavy (non-hydrogen) atoms. The van der Waals surface area contributed by atoms with Crippen LogP contribution in [0.25, 0.3) is 11.0 Å². The van der Waals surface area contributed by atoms with Crippen LogP contribution in [0, 0.1) is 6.92 Å². The second kappa shape index (κ2) is 4.26. The number of aryl methyl sites for hydroxylation is 1. The molecule has 0 radical (unpaired) electrons. The molecule has 0 atom stereocenters. The third-order valence-corrected chi connectivity index (χ3v) is 2.18. The fraction of sp³-hybridized carbons (Fsp3) is 0.250. The maximum atomic E-state index is 11.4. The zero-order chi connectivity index (χ0) is 11.5. The molecular weight excluding hydrogens is 204 g/mol. The number of ether oxygens (including phenoxy) is 1. The van der Waals surface area contributed by atoms with Crippen molar-refractivity contribution in [2.24, 2.45) is 0 Å². The van der Waals surface area contributed by atoms with Crippen molar-refractivity contribution >= 4 is 17.0 Å². The van der Waals surface area contributed by atoms with Crippen molar-refractivity contribution in [3.8, 4) is 0 Å². The molecule has 0 saturated carbocycles. The first-order valence-corrected chi connectivity index (χ1v) is 5.11. The lowest BCUT2D eigenvalue weighted by Gasteiger charge is -2.02. The molecule has 0 amide bonds. The summed E-state index contributed by atoms with van der Waals surface area (Å²) in [4.78, 5) is 19.8. The Morgan fingerprint density at radius 1 is 1.38 bits per heavy atom. The van der Waals surface area contributed by atoms with Crippen molar-refractivity contribution in [1.82, 2.24) is 9.97 Å². The summed E-state index contributed by atoms with van der Waals surface area (Å²) in [7, 11) is 0. The van der Waals surface area contributed by atoms with Crippen LogP contribution in [-0.2, 0) is 4.74 Å². The molecule has 1 aromatic carbocycles. The van der Waals surface area contributed by atoms with Crippen LogP contribution in [0.5, 0.6) is 0 Å². The van der Waals surface area contributed by atoms with E-state index >= 15 is 0 Å². The standard InChI is InChI=1S/C12H12N2O2/c1-3-16-12(15)11-7-13-10-6-8(2)4-5-9(10)14-11/h4-7H,3H2,1-2H3. The number of benzene rings is 1. The van der Waals surface area contributed by atoms with Crippen molar-refractivity contribution in [3.05, 3.63) is 35.7 Å². The van der Waals surface area contributed by atoms with Crippen molar-refractivity contribution in [2.45, 2.75) is 13.8 Å². The van der Waals surface area contributed by atoms with Gasteiger partial charge in [0.05, 0.1) is 23.8 Å². The number of hydrogen-bond acceptors (Lipinski definition) is 4. The van der Waals surface area contributed by atoms with Crippen molar-refractivity contribution < 1.29 is 9.53 Å². The molecule has 0 unspecified atom stereocenters. The summed E-state index contributed by atoms with van der Waals surface area (Å²) in [6, 6.07) is 5.71. The molecule has 2 rings (SSSR count). The summed E-state index contributed by atoms with van der Waals surface area (Å²) in [6.45, 7) is 4.09. The Morgan fingerprint density at radius 2 is 2.19 bits per heavy atom. The Hall–Kier alpha value is -1.97. The minimum Gasteiger partial charge on any atom is -0.461 e. The van der Waals surface area contributed by atoms with Crippen LogP contribution in [0.3, 0.4) is 0 Å². The minimum atomic E-state index is -0.433. The minimum absolute atomic E-state index is 0.248. The number of carbonyl (C=O) groups excluding carboxylic acids is 1. The lowest BCUT2D eigenvalue weighted by Crippen LogP contribution is -2.07. The summed E-state index contributed by atoms with van der Waals surface area (Å²) in [5.41, 5.74) is 2.85. The summed E-state index contributed by atoms with van der Waals surface area (Å²) < 4.78 is 4.86. The van der Waals surface area contributed by atoms with Crippen LogP contribution in [-0.4, -0.2) is 22.5 Å². The first-order chi connectivity index (χ1) is 7.70. The van der Waals surface area contributed by atoms with Gasteiger partial charge in [-0.3, -0.25) is 4.98 Å². The van der Waals surface area contributed by atoms with Crippen LogP contribution in [0.1, 0.15) is 23.0 Å². The summed E-state index contributed by atoms with van der Waals surface area (Å²) in [5.74, 6) is -0.433. The largest absolute Gasteiger partial charge is 0.461 e. The first-order valence-electron chi connectivity index (χ1n) is 5.11. The molecule has 82 valence electrons. The molecule has 1 aromatic heterocycles. The third kappa shape index (κ3) is 2.00. The fourth-order valence-corrected chi connectivity index (χ4v) is 1.42. The Labute approximate surface area is 93.3 Å². The van der Waals surface area contributed by atoms with Crippen LogP contribution < -0.4 is 0 Å². The van der Waals surface area contributed by atoms with Gasteiger partial charge < -0.3 is 4.74 Å². The van der Waals surface area contributed by atoms with Gasteiger partial charge in [-0.2, -0.15) is 0 Å². The molecule has 4 heteroatoms. The van der Waals surface area contributed by atoms with Gasteiger partial charge in [-0.05, 0) is 31.5 Å². The maximum absolute atomic E-state index is 11.4. The lowest BCUT2D eigenvalue weighted by atomic mass is 10.2. The van der Waals surface area contributed by atoms with Gasteiger partial charge in [0, 0.05) is 0 Å². The molecule has 0 N–H and O–H groups in total. The Balaban J connectivity index is 2.44. The fourth-order valence-electron chi connectivity index (χ4n) is 1.42. The number of fused-ring (bicyclic) bond motifs is 1. The highest BCUT2D eigenvalue weighted by Crippen LogP contribution is 2.11. The van der Waals surface area contributed by atoms with E-state index in [2.05, 4.69) is 9.97 Å². The molecule has 0 spiro atoms. The molecule has 0 aliphatic carbocycles. The summed E-state index contributed by atoms with van der Waals surface area (Å²) >= 11 is 0. The van der Waals surface area contributed by atoms with E-state index in [0.29, 0.717) is 12.1 Å². The zero-order valence-electron chi connectivity index (χ0n) is 9.23. The van der Waals surface area contributed by atoms with Gasteiger partial charge in [-0.25, -0.2) is 9.78 Å². The highest BCUT2D eigenvalue weighted by atomic mass is 16.5. The third-order valence-electron chi connectivity index (χ3n) is 2.18. The zero-order valence-corrected chi connectivity index (χ0v) is 9.23. The van der Waals surface area contributed by atoms with Gasteiger partial charge in [0.15, 0.2) is 5.69 Å². The van der Waals surface area contributed by atoms with E-state index in [1.807, 2.05) is 25.1 Å². The molecule has 2 aromatic rings. The van der Waals surface area contributed by atoms with E-state index < -0.39 is 5.97 Å². The predicted molar refractivity (Wildman–Crippen MR) is 60.2 cm³/mol. The smallest absolute Gasteiger partial charge is 0.358 e. The Bertz CT molecular complexity index is 538. The van der Waals surface area contributed by atoms with Gasteiger partial charge in [-0.15, -0.1) is 0 Å². The number of hydrogen-bond donors (Lipinski definition) is 0. The number of esters is 1. The van der Waals surface area contributed by atoms with Crippen LogP contribution in [0.15, 0.2) is 24.4 Å². The van der Waals surface area contributed by atoms with Gasteiger partial charge in [0.1, 0.15) is 0 Å². The highest BCUT2D eigenvalue weighted by Gasteiger charge is 2.09. The van der Waals surface area contributed by atoms with E-state index in [1.54, 1.807) is 6.92 Å². The second-order valence-electron chi connectivity index (χ2n) is 3.47. The van der Waals surface area contributed by atoms with Gasteiger partial charge in [-0.1, -0.05) is 6.07 Å². The van der Waals surface area contributed by atoms with Crippen LogP contribution >= 0.6 is 0 Å². The van der Waals surface area contributed by atoms with E-state index in [4.69, 9.17) is 4.74 Å². The SMILES string of the molecule is CCOC(=O)c1cnc2cc(C)ccc2n1. The topological polar surface area (TPSA) is 52.1 Å². The summed E-state index contributed by atoms with van der Waals surface area (Å²) in [5, 5.41) is 0. The average Bonchev–Trinajstić information content (AvgIpc) is 2.28. The van der Waals surface area contributed by atoms with E-state index in [9.17, 15) is 4.79 Å². The number of rotatable bonds is 2. The first kappa shape index (κ1) is 10.5. The number of nitrogens with zero attached hydrogens (tertiary/aromatic N) is 2. The normalized spacial score (nSPS) is 10.4.